The molecule has 0 rings (SSSR count). The minimum absolute atomic E-state index is 0.265. The second-order valence-corrected chi connectivity index (χ2v) is 10.7. The standard InChI is InChI=1S/C20H36OSi/c1-7-13-15-16-19-20(17-9-3,18-14-8-2)21-22(10-4,11-5)12-6/h7-8,13H,2,10-12,14-16,18-19H2,1,3-6H3/b13-7+. The molecule has 1 atom stereocenters. The highest BCUT2D eigenvalue weighted by atomic mass is 28.4. The molecular weight excluding hydrogens is 284 g/mol. The van der Waals surface area contributed by atoms with Crippen molar-refractivity contribution in [1.82, 2.24) is 0 Å². The highest BCUT2D eigenvalue weighted by Gasteiger charge is 2.39. The summed E-state index contributed by atoms with van der Waals surface area (Å²) in [6.45, 7) is 14.8. The summed E-state index contributed by atoms with van der Waals surface area (Å²) in [4.78, 5) is 0. The van der Waals surface area contributed by atoms with Gasteiger partial charge in [0.05, 0.1) is 0 Å². The Kier molecular flexibility index (Phi) is 11.3. The molecule has 0 aromatic heterocycles. The molecule has 1 nitrogen and oxygen atoms in total. The van der Waals surface area contributed by atoms with Crippen LogP contribution >= 0.6 is 0 Å². The minimum atomic E-state index is -1.66. The van der Waals surface area contributed by atoms with Crippen LogP contribution in [0.1, 0.15) is 66.7 Å². The fourth-order valence-corrected chi connectivity index (χ4v) is 6.01. The Morgan fingerprint density at radius 2 is 1.73 bits per heavy atom. The van der Waals surface area contributed by atoms with E-state index in [9.17, 15) is 0 Å². The molecule has 0 N–H and O–H groups in total. The van der Waals surface area contributed by atoms with E-state index < -0.39 is 8.32 Å². The van der Waals surface area contributed by atoms with Crippen molar-refractivity contribution in [2.24, 2.45) is 0 Å². The first kappa shape index (κ1) is 21.2. The fraction of sp³-hybridized carbons (Fsp3) is 0.700. The summed E-state index contributed by atoms with van der Waals surface area (Å²) in [5, 5.41) is 0. The maximum absolute atomic E-state index is 6.89. The van der Waals surface area contributed by atoms with Gasteiger partial charge in [-0.25, -0.2) is 0 Å². The Morgan fingerprint density at radius 1 is 1.09 bits per heavy atom. The van der Waals surface area contributed by atoms with Crippen molar-refractivity contribution in [3.63, 3.8) is 0 Å². The molecule has 22 heavy (non-hydrogen) atoms. The van der Waals surface area contributed by atoms with Gasteiger partial charge >= 0.3 is 0 Å². The second-order valence-electron chi connectivity index (χ2n) is 6.00. The number of hydrogen-bond acceptors (Lipinski definition) is 1. The highest BCUT2D eigenvalue weighted by Crippen LogP contribution is 2.34. The van der Waals surface area contributed by atoms with Crippen LogP contribution in [-0.4, -0.2) is 13.9 Å². The van der Waals surface area contributed by atoms with E-state index in [1.165, 1.54) is 18.1 Å². The SMILES string of the molecule is C=CCCC(C#CC)(CCC/C=C/C)O[Si](CC)(CC)CC. The van der Waals surface area contributed by atoms with Crippen LogP contribution in [0, 0.1) is 11.8 Å². The van der Waals surface area contributed by atoms with Crippen LogP contribution in [-0.2, 0) is 4.43 Å². The quantitative estimate of drug-likeness (QED) is 0.173. The molecule has 126 valence electrons. The summed E-state index contributed by atoms with van der Waals surface area (Å²) in [6, 6.07) is 3.53. The van der Waals surface area contributed by atoms with Gasteiger partial charge in [0.15, 0.2) is 8.32 Å². The lowest BCUT2D eigenvalue weighted by atomic mass is 9.92. The monoisotopic (exact) mass is 320 g/mol. The van der Waals surface area contributed by atoms with Crippen LogP contribution in [0.4, 0.5) is 0 Å². The molecule has 1 unspecified atom stereocenters. The molecule has 0 fully saturated rings. The zero-order valence-corrected chi connectivity index (χ0v) is 16.5. The Labute approximate surface area is 140 Å². The van der Waals surface area contributed by atoms with Crippen LogP contribution in [0.3, 0.4) is 0 Å². The van der Waals surface area contributed by atoms with Crippen molar-refractivity contribution < 1.29 is 4.43 Å². The third-order valence-electron chi connectivity index (χ3n) is 4.64. The zero-order valence-electron chi connectivity index (χ0n) is 15.5. The number of rotatable bonds is 12. The van der Waals surface area contributed by atoms with Gasteiger partial charge in [-0.1, -0.05) is 44.9 Å². The molecule has 2 heteroatoms. The number of hydrogen-bond donors (Lipinski definition) is 0. The van der Waals surface area contributed by atoms with Gasteiger partial charge < -0.3 is 4.43 Å². The fourth-order valence-electron chi connectivity index (χ4n) is 2.99. The van der Waals surface area contributed by atoms with E-state index >= 15 is 0 Å². The third kappa shape index (κ3) is 6.98. The van der Waals surface area contributed by atoms with Gasteiger partial charge in [0, 0.05) is 0 Å². The topological polar surface area (TPSA) is 9.23 Å². The van der Waals surface area contributed by atoms with E-state index in [-0.39, 0.29) is 5.60 Å². The van der Waals surface area contributed by atoms with Crippen molar-refractivity contribution in [2.45, 2.75) is 90.5 Å². The minimum Gasteiger partial charge on any atom is -0.401 e. The average Bonchev–Trinajstić information content (AvgIpc) is 2.55. The summed E-state index contributed by atoms with van der Waals surface area (Å²) in [6.07, 6.45) is 11.6. The summed E-state index contributed by atoms with van der Waals surface area (Å²) in [7, 11) is -1.66. The Hall–Kier alpha value is -0.783. The summed E-state index contributed by atoms with van der Waals surface area (Å²) in [5.74, 6) is 6.60. The molecule has 0 aromatic carbocycles. The van der Waals surface area contributed by atoms with Crippen molar-refractivity contribution >= 4 is 8.32 Å². The van der Waals surface area contributed by atoms with E-state index in [2.05, 4.69) is 58.3 Å². The van der Waals surface area contributed by atoms with Crippen molar-refractivity contribution in [1.29, 1.82) is 0 Å². The van der Waals surface area contributed by atoms with Gasteiger partial charge in [-0.15, -0.1) is 12.5 Å². The Bertz CT molecular complexity index is 376. The van der Waals surface area contributed by atoms with E-state index in [1.807, 2.05) is 13.0 Å². The van der Waals surface area contributed by atoms with Gasteiger partial charge in [0.1, 0.15) is 5.60 Å². The molecular formula is C20H36OSi. The first-order valence-corrected chi connectivity index (χ1v) is 11.5. The van der Waals surface area contributed by atoms with Gasteiger partial charge in [-0.3, -0.25) is 0 Å². The molecule has 0 bridgehead atoms. The van der Waals surface area contributed by atoms with Gasteiger partial charge in [-0.05, 0) is 64.1 Å². The van der Waals surface area contributed by atoms with E-state index in [0.717, 1.165) is 32.1 Å². The van der Waals surface area contributed by atoms with Crippen LogP contribution in [0.25, 0.3) is 0 Å². The summed E-state index contributed by atoms with van der Waals surface area (Å²) >= 11 is 0. The van der Waals surface area contributed by atoms with E-state index in [1.54, 1.807) is 0 Å². The smallest absolute Gasteiger partial charge is 0.194 e. The molecule has 0 aliphatic carbocycles. The maximum atomic E-state index is 6.89. The van der Waals surface area contributed by atoms with Gasteiger partial charge in [-0.2, -0.15) is 0 Å². The lowest BCUT2D eigenvalue weighted by Gasteiger charge is -2.40. The van der Waals surface area contributed by atoms with Crippen LogP contribution in [0.5, 0.6) is 0 Å². The predicted molar refractivity (Wildman–Crippen MR) is 103 cm³/mol. The number of allylic oxidation sites excluding steroid dienone is 3. The first-order valence-electron chi connectivity index (χ1n) is 8.93. The average molecular weight is 321 g/mol. The van der Waals surface area contributed by atoms with Crippen LogP contribution in [0.2, 0.25) is 18.1 Å². The molecule has 0 heterocycles. The normalized spacial score (nSPS) is 14.4. The predicted octanol–water partition coefficient (Wildman–Crippen LogP) is 6.48. The molecule has 0 radical (unpaired) electrons. The van der Waals surface area contributed by atoms with Crippen molar-refractivity contribution in [3.05, 3.63) is 24.8 Å². The van der Waals surface area contributed by atoms with Gasteiger partial charge in [0.2, 0.25) is 0 Å². The molecule has 0 aliphatic rings. The van der Waals surface area contributed by atoms with Crippen LogP contribution in [0.15, 0.2) is 24.8 Å². The molecule has 0 aromatic rings. The first-order chi connectivity index (χ1) is 10.6. The number of unbranched alkanes of at least 4 members (excludes halogenated alkanes) is 1. The van der Waals surface area contributed by atoms with Crippen molar-refractivity contribution in [2.75, 3.05) is 0 Å². The Balaban J connectivity index is 5.30. The van der Waals surface area contributed by atoms with Crippen molar-refractivity contribution in [3.8, 4) is 11.8 Å². The van der Waals surface area contributed by atoms with Gasteiger partial charge in [0.25, 0.3) is 0 Å². The Morgan fingerprint density at radius 3 is 2.18 bits per heavy atom. The molecule has 0 aliphatic heterocycles. The molecule has 0 spiro atoms. The second kappa shape index (κ2) is 11.7. The maximum Gasteiger partial charge on any atom is 0.194 e. The van der Waals surface area contributed by atoms with Crippen LogP contribution < -0.4 is 0 Å². The lowest BCUT2D eigenvalue weighted by Crippen LogP contribution is -2.46. The highest BCUT2D eigenvalue weighted by molar-refractivity contribution is 6.73. The van der Waals surface area contributed by atoms with E-state index in [4.69, 9.17) is 4.43 Å². The summed E-state index contributed by atoms with van der Waals surface area (Å²) < 4.78 is 6.89. The third-order valence-corrected chi connectivity index (χ3v) is 9.33. The molecule has 0 saturated heterocycles. The lowest BCUT2D eigenvalue weighted by molar-refractivity contribution is 0.0955. The van der Waals surface area contributed by atoms with E-state index in [0.29, 0.717) is 0 Å². The largest absolute Gasteiger partial charge is 0.401 e. The summed E-state index contributed by atoms with van der Waals surface area (Å²) in [5.41, 5.74) is -0.265. The molecule has 0 saturated carbocycles. The zero-order chi connectivity index (χ0) is 16.9. The molecule has 0 amide bonds.